The van der Waals surface area contributed by atoms with Crippen LogP contribution in [-0.4, -0.2) is 15.6 Å². The van der Waals surface area contributed by atoms with Crippen molar-refractivity contribution in [1.29, 1.82) is 0 Å². The van der Waals surface area contributed by atoms with Crippen molar-refractivity contribution < 1.29 is 4.79 Å². The Hall–Kier alpha value is -3.08. The number of anilines is 1. The van der Waals surface area contributed by atoms with Gasteiger partial charge >= 0.3 is 6.03 Å². The fourth-order valence-corrected chi connectivity index (χ4v) is 3.17. The minimum atomic E-state index is -0.175. The average molecular weight is 362 g/mol. The van der Waals surface area contributed by atoms with E-state index in [1.165, 1.54) is 5.56 Å². The lowest BCUT2D eigenvalue weighted by molar-refractivity contribution is 0.251. The van der Waals surface area contributed by atoms with Crippen LogP contribution in [0, 0.1) is 0 Å². The number of carbonyl (C=O) groups excluding carboxylic acids is 1. The Morgan fingerprint density at radius 2 is 1.74 bits per heavy atom. The zero-order chi connectivity index (χ0) is 19.1. The predicted octanol–water partition coefficient (Wildman–Crippen LogP) is 4.38. The first-order chi connectivity index (χ1) is 13.2. The van der Waals surface area contributed by atoms with Crippen LogP contribution in [0.3, 0.4) is 0 Å². The number of hydrogen-bond donors (Lipinski definition) is 2. The third kappa shape index (κ3) is 4.97. The predicted molar refractivity (Wildman–Crippen MR) is 109 cm³/mol. The number of para-hydroxylation sites is 1. The molecule has 0 aliphatic heterocycles. The topological polar surface area (TPSA) is 59.0 Å². The lowest BCUT2D eigenvalue weighted by atomic mass is 10.0. The highest BCUT2D eigenvalue weighted by Crippen LogP contribution is 2.22. The van der Waals surface area contributed by atoms with Crippen LogP contribution in [0.5, 0.6) is 0 Å². The molecule has 2 aromatic carbocycles. The van der Waals surface area contributed by atoms with Crippen molar-refractivity contribution in [2.24, 2.45) is 0 Å². The van der Waals surface area contributed by atoms with Gasteiger partial charge in [0.1, 0.15) is 0 Å². The lowest BCUT2D eigenvalue weighted by Gasteiger charge is -2.15. The van der Waals surface area contributed by atoms with E-state index in [9.17, 15) is 4.79 Å². The number of aryl methyl sites for hydroxylation is 2. The molecule has 5 nitrogen and oxygen atoms in total. The maximum atomic E-state index is 12.4. The number of amides is 2. The summed E-state index contributed by atoms with van der Waals surface area (Å²) in [7, 11) is 0. The number of rotatable bonds is 7. The molecule has 3 rings (SSSR count). The van der Waals surface area contributed by atoms with E-state index in [1.807, 2.05) is 29.0 Å². The van der Waals surface area contributed by atoms with Crippen molar-refractivity contribution in [3.63, 3.8) is 0 Å². The van der Waals surface area contributed by atoms with Crippen LogP contribution in [-0.2, 0) is 25.9 Å². The van der Waals surface area contributed by atoms with Crippen LogP contribution < -0.4 is 10.6 Å². The molecule has 140 valence electrons. The van der Waals surface area contributed by atoms with Gasteiger partial charge in [-0.05, 0) is 35.1 Å². The molecule has 5 heteroatoms. The maximum Gasteiger partial charge on any atom is 0.319 e. The second-order valence-corrected chi connectivity index (χ2v) is 6.52. The van der Waals surface area contributed by atoms with E-state index >= 15 is 0 Å². The van der Waals surface area contributed by atoms with Crippen molar-refractivity contribution in [3.8, 4) is 0 Å². The van der Waals surface area contributed by atoms with Crippen molar-refractivity contribution >= 4 is 11.7 Å². The minimum Gasteiger partial charge on any atom is -0.334 e. The van der Waals surface area contributed by atoms with E-state index in [0.29, 0.717) is 6.54 Å². The van der Waals surface area contributed by atoms with E-state index in [1.54, 1.807) is 12.5 Å². The Bertz CT molecular complexity index is 865. The van der Waals surface area contributed by atoms with Gasteiger partial charge in [-0.2, -0.15) is 0 Å². The summed E-state index contributed by atoms with van der Waals surface area (Å²) in [5.74, 6) is 0. The Kier molecular flexibility index (Phi) is 6.26. The molecule has 0 atom stereocenters. The summed E-state index contributed by atoms with van der Waals surface area (Å²) in [5, 5.41) is 6.01. The highest BCUT2D eigenvalue weighted by Gasteiger charge is 2.09. The number of carbonyl (C=O) groups is 1. The molecule has 0 fully saturated rings. The Morgan fingerprint density at radius 1 is 1.04 bits per heavy atom. The van der Waals surface area contributed by atoms with Gasteiger partial charge in [0.25, 0.3) is 0 Å². The second kappa shape index (κ2) is 9.03. The number of benzene rings is 2. The highest BCUT2D eigenvalue weighted by molar-refractivity contribution is 5.91. The highest BCUT2D eigenvalue weighted by atomic mass is 16.2. The van der Waals surface area contributed by atoms with Gasteiger partial charge in [-0.15, -0.1) is 0 Å². The summed E-state index contributed by atoms with van der Waals surface area (Å²) in [5.41, 5.74) is 5.51. The fourth-order valence-electron chi connectivity index (χ4n) is 3.17. The van der Waals surface area contributed by atoms with Gasteiger partial charge in [-0.25, -0.2) is 9.78 Å². The maximum absolute atomic E-state index is 12.4. The molecule has 2 amide bonds. The van der Waals surface area contributed by atoms with Gasteiger partial charge in [0.15, 0.2) is 0 Å². The van der Waals surface area contributed by atoms with Crippen LogP contribution in [0.1, 0.15) is 36.1 Å². The normalized spacial score (nSPS) is 10.6. The first-order valence-corrected chi connectivity index (χ1v) is 9.38. The lowest BCUT2D eigenvalue weighted by Crippen LogP contribution is -2.29. The van der Waals surface area contributed by atoms with Gasteiger partial charge in [0.2, 0.25) is 0 Å². The SMILES string of the molecule is CCc1cccc(CC)c1NC(=O)NCc1cccc(Cn2ccnc2)c1. The molecule has 0 unspecified atom stereocenters. The molecule has 27 heavy (non-hydrogen) atoms. The smallest absolute Gasteiger partial charge is 0.319 e. The van der Waals surface area contributed by atoms with Crippen LogP contribution in [0.2, 0.25) is 0 Å². The zero-order valence-electron chi connectivity index (χ0n) is 15.9. The monoisotopic (exact) mass is 362 g/mol. The molecule has 1 heterocycles. The summed E-state index contributed by atoms with van der Waals surface area (Å²) < 4.78 is 2.02. The van der Waals surface area contributed by atoms with Gasteiger partial charge in [0, 0.05) is 31.2 Å². The van der Waals surface area contributed by atoms with Gasteiger partial charge in [0.05, 0.1) is 6.33 Å². The van der Waals surface area contributed by atoms with Crippen molar-refractivity contribution in [2.45, 2.75) is 39.8 Å². The summed E-state index contributed by atoms with van der Waals surface area (Å²) in [6, 6.07) is 14.2. The molecule has 0 spiro atoms. The molecule has 0 aliphatic rings. The summed E-state index contributed by atoms with van der Waals surface area (Å²) in [4.78, 5) is 16.5. The molecule has 0 radical (unpaired) electrons. The Morgan fingerprint density at radius 3 is 2.41 bits per heavy atom. The Labute approximate surface area is 160 Å². The average Bonchev–Trinajstić information content (AvgIpc) is 3.20. The number of aromatic nitrogens is 2. The van der Waals surface area contributed by atoms with Gasteiger partial charge < -0.3 is 15.2 Å². The largest absolute Gasteiger partial charge is 0.334 e. The first kappa shape index (κ1) is 18.7. The summed E-state index contributed by atoms with van der Waals surface area (Å²) in [6.07, 6.45) is 7.29. The molecular formula is C22H26N4O. The molecular weight excluding hydrogens is 336 g/mol. The number of urea groups is 1. The third-order valence-electron chi connectivity index (χ3n) is 4.61. The number of nitrogens with zero attached hydrogens (tertiary/aromatic N) is 2. The van der Waals surface area contributed by atoms with Crippen molar-refractivity contribution in [1.82, 2.24) is 14.9 Å². The molecule has 3 aromatic rings. The van der Waals surface area contributed by atoms with Gasteiger partial charge in [-0.1, -0.05) is 56.3 Å². The van der Waals surface area contributed by atoms with Crippen LogP contribution in [0.15, 0.2) is 61.2 Å². The second-order valence-electron chi connectivity index (χ2n) is 6.52. The molecule has 0 saturated carbocycles. The number of imidazole rings is 1. The van der Waals surface area contributed by atoms with E-state index in [0.717, 1.165) is 41.8 Å². The quantitative estimate of drug-likeness (QED) is 0.655. The van der Waals surface area contributed by atoms with E-state index in [4.69, 9.17) is 0 Å². The van der Waals surface area contributed by atoms with Crippen LogP contribution in [0.25, 0.3) is 0 Å². The molecule has 0 bridgehead atoms. The number of hydrogen-bond acceptors (Lipinski definition) is 2. The van der Waals surface area contributed by atoms with Crippen molar-refractivity contribution in [3.05, 3.63) is 83.4 Å². The van der Waals surface area contributed by atoms with E-state index in [2.05, 4.69) is 53.7 Å². The third-order valence-corrected chi connectivity index (χ3v) is 4.61. The molecule has 0 aliphatic carbocycles. The minimum absolute atomic E-state index is 0.175. The molecule has 2 N–H and O–H groups in total. The van der Waals surface area contributed by atoms with Crippen LogP contribution >= 0.6 is 0 Å². The summed E-state index contributed by atoms with van der Waals surface area (Å²) in [6.45, 7) is 5.45. The van der Waals surface area contributed by atoms with E-state index < -0.39 is 0 Å². The Balaban J connectivity index is 1.61. The molecule has 0 saturated heterocycles. The summed E-state index contributed by atoms with van der Waals surface area (Å²) >= 11 is 0. The zero-order valence-corrected chi connectivity index (χ0v) is 15.9. The van der Waals surface area contributed by atoms with E-state index in [-0.39, 0.29) is 6.03 Å². The van der Waals surface area contributed by atoms with Crippen molar-refractivity contribution in [2.75, 3.05) is 5.32 Å². The van der Waals surface area contributed by atoms with Gasteiger partial charge in [-0.3, -0.25) is 0 Å². The fraction of sp³-hybridized carbons (Fsp3) is 0.273. The standard InChI is InChI=1S/C22H26N4O/c1-3-19-9-6-10-20(4-2)21(19)25-22(27)24-14-17-7-5-8-18(13-17)15-26-12-11-23-16-26/h5-13,16H,3-4,14-15H2,1-2H3,(H2,24,25,27). The number of nitrogens with one attached hydrogen (secondary N) is 2. The molecule has 1 aromatic heterocycles. The first-order valence-electron chi connectivity index (χ1n) is 9.38. The van der Waals surface area contributed by atoms with Crippen LogP contribution in [0.4, 0.5) is 10.5 Å².